The van der Waals surface area contributed by atoms with Crippen molar-refractivity contribution >= 4 is 16.9 Å². The summed E-state index contributed by atoms with van der Waals surface area (Å²) in [4.78, 5) is 21.5. The van der Waals surface area contributed by atoms with Crippen LogP contribution in [0.25, 0.3) is 22.3 Å². The molecule has 0 radical (unpaired) electrons. The first-order valence-corrected chi connectivity index (χ1v) is 11.2. The van der Waals surface area contributed by atoms with E-state index in [1.54, 1.807) is 44.7 Å². The zero-order chi connectivity index (χ0) is 24.5. The van der Waals surface area contributed by atoms with Gasteiger partial charge in [-0.1, -0.05) is 32.9 Å². The molecule has 3 N–H and O–H groups in total. The lowest BCUT2D eigenvalue weighted by Gasteiger charge is -2.25. The van der Waals surface area contributed by atoms with Gasteiger partial charge in [-0.05, 0) is 23.5 Å². The van der Waals surface area contributed by atoms with Crippen molar-refractivity contribution in [2.75, 3.05) is 14.2 Å². The topological polar surface area (TPSA) is 97.4 Å². The van der Waals surface area contributed by atoms with Gasteiger partial charge in [-0.15, -0.1) is 0 Å². The van der Waals surface area contributed by atoms with E-state index in [9.17, 15) is 9.18 Å². The van der Waals surface area contributed by atoms with Gasteiger partial charge in [0.15, 0.2) is 11.5 Å². The van der Waals surface area contributed by atoms with Crippen molar-refractivity contribution in [2.24, 2.45) is 5.41 Å². The van der Waals surface area contributed by atoms with E-state index in [2.05, 4.69) is 46.9 Å². The van der Waals surface area contributed by atoms with Crippen molar-refractivity contribution in [3.63, 3.8) is 0 Å². The summed E-state index contributed by atoms with van der Waals surface area (Å²) in [7, 11) is 3.10. The number of rotatable bonds is 6. The molecule has 4 rings (SSSR count). The Hall–Kier alpha value is -3.30. The number of hydrazine groups is 1. The lowest BCUT2D eigenvalue weighted by molar-refractivity contribution is -0.121. The summed E-state index contributed by atoms with van der Waals surface area (Å²) in [5, 5.41) is 2.92. The number of hydrogen-bond donors (Lipinski definition) is 3. The summed E-state index contributed by atoms with van der Waals surface area (Å²) in [6, 6.07) is 8.44. The van der Waals surface area contributed by atoms with Crippen molar-refractivity contribution in [1.29, 1.82) is 0 Å². The zero-order valence-corrected chi connectivity index (χ0v) is 20.0. The number of aromatic nitrogens is 2. The number of benzene rings is 2. The molecule has 0 bridgehead atoms. The number of nitrogens with one attached hydrogen (secondary N) is 3. The third-order valence-corrected chi connectivity index (χ3v) is 6.03. The van der Waals surface area contributed by atoms with Crippen molar-refractivity contribution in [3.05, 3.63) is 47.9 Å². The van der Waals surface area contributed by atoms with Crippen molar-refractivity contribution in [3.8, 4) is 22.8 Å². The SMILES string of the molecule is COc1cc2ncc(-c3ccc(CC(=O)NC4CC(C(C)(C)C)NN4)c(F)c3)nc2cc1OC. The Bertz CT molecular complexity index is 1210. The van der Waals surface area contributed by atoms with E-state index in [1.807, 2.05) is 0 Å². The first-order valence-electron chi connectivity index (χ1n) is 11.2. The van der Waals surface area contributed by atoms with Gasteiger partial charge >= 0.3 is 0 Å². The lowest BCUT2D eigenvalue weighted by Crippen LogP contribution is -2.45. The molecule has 8 nitrogen and oxygen atoms in total. The molecule has 180 valence electrons. The monoisotopic (exact) mass is 467 g/mol. The molecule has 0 saturated carbocycles. The molecular weight excluding hydrogens is 437 g/mol. The second kappa shape index (κ2) is 9.52. The fraction of sp³-hybridized carbons (Fsp3) is 0.400. The Morgan fingerprint density at radius 3 is 2.44 bits per heavy atom. The van der Waals surface area contributed by atoms with Crippen LogP contribution in [0.15, 0.2) is 36.5 Å². The van der Waals surface area contributed by atoms with E-state index < -0.39 is 5.82 Å². The van der Waals surface area contributed by atoms with E-state index in [0.717, 1.165) is 6.42 Å². The molecular formula is C25H30FN5O3. The average Bonchev–Trinajstić information content (AvgIpc) is 3.28. The molecule has 2 unspecified atom stereocenters. The Kier molecular flexibility index (Phi) is 6.67. The molecule has 1 aliphatic heterocycles. The summed E-state index contributed by atoms with van der Waals surface area (Å²) < 4.78 is 25.5. The van der Waals surface area contributed by atoms with E-state index in [4.69, 9.17) is 9.47 Å². The Morgan fingerprint density at radius 2 is 1.82 bits per heavy atom. The van der Waals surface area contributed by atoms with Gasteiger partial charge in [0.2, 0.25) is 5.91 Å². The number of hydrogen-bond acceptors (Lipinski definition) is 7. The maximum Gasteiger partial charge on any atom is 0.225 e. The fourth-order valence-electron chi connectivity index (χ4n) is 3.97. The first-order chi connectivity index (χ1) is 16.2. The van der Waals surface area contributed by atoms with Crippen molar-refractivity contribution in [2.45, 2.75) is 45.8 Å². The normalized spacial score (nSPS) is 18.2. The molecule has 1 saturated heterocycles. The number of amides is 1. The Morgan fingerprint density at radius 1 is 1.12 bits per heavy atom. The Labute approximate surface area is 198 Å². The minimum Gasteiger partial charge on any atom is -0.493 e. The van der Waals surface area contributed by atoms with Crippen LogP contribution in [-0.2, 0) is 11.2 Å². The third kappa shape index (κ3) is 5.10. The molecule has 3 aromatic rings. The van der Waals surface area contributed by atoms with Crippen LogP contribution in [0.4, 0.5) is 4.39 Å². The summed E-state index contributed by atoms with van der Waals surface area (Å²) in [5.41, 5.74) is 9.02. The molecule has 0 aliphatic carbocycles. The number of nitrogens with zero attached hydrogens (tertiary/aromatic N) is 2. The highest BCUT2D eigenvalue weighted by Gasteiger charge is 2.33. The van der Waals surface area contributed by atoms with Gasteiger partial charge in [0.25, 0.3) is 0 Å². The van der Waals surface area contributed by atoms with Crippen LogP contribution in [0.3, 0.4) is 0 Å². The molecule has 0 spiro atoms. The van der Waals surface area contributed by atoms with E-state index >= 15 is 0 Å². The van der Waals surface area contributed by atoms with Gasteiger partial charge < -0.3 is 14.8 Å². The minimum absolute atomic E-state index is 0.0507. The van der Waals surface area contributed by atoms with Crippen LogP contribution in [0.1, 0.15) is 32.8 Å². The van der Waals surface area contributed by atoms with Gasteiger partial charge in [-0.25, -0.2) is 14.8 Å². The largest absolute Gasteiger partial charge is 0.493 e. The number of halogens is 1. The molecule has 1 aromatic heterocycles. The molecule has 1 aliphatic rings. The smallest absolute Gasteiger partial charge is 0.225 e. The quantitative estimate of drug-likeness (QED) is 0.512. The van der Waals surface area contributed by atoms with E-state index in [1.165, 1.54) is 6.07 Å². The average molecular weight is 468 g/mol. The number of ether oxygens (including phenoxy) is 2. The molecule has 1 fully saturated rings. The highest BCUT2D eigenvalue weighted by molar-refractivity contribution is 5.81. The maximum absolute atomic E-state index is 14.9. The second-order valence-corrected chi connectivity index (χ2v) is 9.50. The summed E-state index contributed by atoms with van der Waals surface area (Å²) in [5.74, 6) is 0.386. The maximum atomic E-state index is 14.9. The van der Waals surface area contributed by atoms with Crippen molar-refractivity contribution < 1.29 is 18.7 Å². The minimum atomic E-state index is -0.466. The van der Waals surface area contributed by atoms with Crippen LogP contribution < -0.4 is 25.6 Å². The predicted molar refractivity (Wildman–Crippen MR) is 128 cm³/mol. The second-order valence-electron chi connectivity index (χ2n) is 9.50. The summed E-state index contributed by atoms with van der Waals surface area (Å²) in [6.45, 7) is 6.42. The molecule has 2 heterocycles. The van der Waals surface area contributed by atoms with Crippen LogP contribution >= 0.6 is 0 Å². The third-order valence-electron chi connectivity index (χ3n) is 6.03. The van der Waals surface area contributed by atoms with Gasteiger partial charge in [-0.2, -0.15) is 0 Å². The van der Waals surface area contributed by atoms with Gasteiger partial charge in [0, 0.05) is 23.7 Å². The Balaban J connectivity index is 1.47. The predicted octanol–water partition coefficient (Wildman–Crippen LogP) is 3.35. The molecule has 34 heavy (non-hydrogen) atoms. The van der Waals surface area contributed by atoms with Crippen LogP contribution in [0.2, 0.25) is 0 Å². The lowest BCUT2D eigenvalue weighted by atomic mass is 9.85. The molecule has 2 atom stereocenters. The van der Waals surface area contributed by atoms with Gasteiger partial charge in [0.1, 0.15) is 5.82 Å². The molecule has 2 aromatic carbocycles. The van der Waals surface area contributed by atoms with E-state index in [-0.39, 0.29) is 30.0 Å². The number of fused-ring (bicyclic) bond motifs is 1. The number of methoxy groups -OCH3 is 2. The molecule has 9 heteroatoms. The van der Waals surface area contributed by atoms with Gasteiger partial charge in [-0.3, -0.25) is 15.2 Å². The first kappa shape index (κ1) is 23.8. The van der Waals surface area contributed by atoms with Gasteiger partial charge in [0.05, 0.1) is 49.7 Å². The zero-order valence-electron chi connectivity index (χ0n) is 20.0. The highest BCUT2D eigenvalue weighted by atomic mass is 19.1. The van der Waals surface area contributed by atoms with Crippen LogP contribution in [0, 0.1) is 11.2 Å². The van der Waals surface area contributed by atoms with Crippen molar-refractivity contribution in [1.82, 2.24) is 26.1 Å². The van der Waals surface area contributed by atoms with Crippen LogP contribution in [0.5, 0.6) is 11.5 Å². The number of carbonyl (C=O) groups is 1. The molecule has 1 amide bonds. The summed E-state index contributed by atoms with van der Waals surface area (Å²) >= 11 is 0. The standard InChI is InChI=1S/C25H30FN5O3/c1-25(2,3)22-12-23(31-30-22)29-24(32)9-14-6-7-15(8-16(14)26)19-13-27-17-10-20(33-4)21(34-5)11-18(17)28-19/h6-8,10-11,13,22-23,30-31H,9,12H2,1-5H3,(H,29,32). The number of carbonyl (C=O) groups excluding carboxylic acids is 1. The highest BCUT2D eigenvalue weighted by Crippen LogP contribution is 2.32. The summed E-state index contributed by atoms with van der Waals surface area (Å²) in [6.07, 6.45) is 2.10. The van der Waals surface area contributed by atoms with E-state index in [0.29, 0.717) is 39.4 Å². The van der Waals surface area contributed by atoms with Crippen LogP contribution in [-0.4, -0.2) is 42.3 Å². The fourth-order valence-corrected chi connectivity index (χ4v) is 3.97.